The SMILES string of the molecule is C[C@@H](NC(=O)c1cncc(C2=CCN(C(=O)C3COC3)CC2)c1)c1ccc(-c2cc(C(F)(F)F)ccc2CNC(=O)O)cc1. The van der Waals surface area contributed by atoms with Crippen LogP contribution in [0.4, 0.5) is 18.0 Å². The van der Waals surface area contributed by atoms with Crippen molar-refractivity contribution in [2.45, 2.75) is 32.1 Å². The molecular formula is C32H31F3N4O5. The second-order valence-corrected chi connectivity index (χ2v) is 10.8. The van der Waals surface area contributed by atoms with Crippen LogP contribution >= 0.6 is 0 Å². The number of ether oxygens (including phenoxy) is 1. The summed E-state index contributed by atoms with van der Waals surface area (Å²) in [7, 11) is 0. The summed E-state index contributed by atoms with van der Waals surface area (Å²) in [6.45, 7) is 3.65. The van der Waals surface area contributed by atoms with Gasteiger partial charge in [0.1, 0.15) is 0 Å². The van der Waals surface area contributed by atoms with Crippen LogP contribution in [-0.4, -0.2) is 59.2 Å². The van der Waals surface area contributed by atoms with Gasteiger partial charge in [-0.05, 0) is 64.9 Å². The monoisotopic (exact) mass is 608 g/mol. The minimum absolute atomic E-state index is 0.0593. The van der Waals surface area contributed by atoms with E-state index in [2.05, 4.69) is 15.6 Å². The van der Waals surface area contributed by atoms with Crippen molar-refractivity contribution in [1.29, 1.82) is 0 Å². The van der Waals surface area contributed by atoms with Gasteiger partial charge in [0.2, 0.25) is 5.91 Å². The van der Waals surface area contributed by atoms with Crippen molar-refractivity contribution in [3.05, 3.63) is 94.8 Å². The molecule has 230 valence electrons. The molecule has 9 nitrogen and oxygen atoms in total. The van der Waals surface area contributed by atoms with Gasteiger partial charge in [0.05, 0.1) is 36.3 Å². The third-order valence-electron chi connectivity index (χ3n) is 7.82. The van der Waals surface area contributed by atoms with E-state index in [4.69, 9.17) is 9.84 Å². The van der Waals surface area contributed by atoms with Crippen LogP contribution in [0.2, 0.25) is 0 Å². The van der Waals surface area contributed by atoms with Crippen molar-refractivity contribution in [1.82, 2.24) is 20.5 Å². The maximum atomic E-state index is 13.4. The van der Waals surface area contributed by atoms with E-state index in [-0.39, 0.29) is 29.8 Å². The highest BCUT2D eigenvalue weighted by atomic mass is 19.4. The van der Waals surface area contributed by atoms with Crippen molar-refractivity contribution in [3.63, 3.8) is 0 Å². The first-order chi connectivity index (χ1) is 21.0. The number of rotatable bonds is 8. The fourth-order valence-electron chi connectivity index (χ4n) is 5.17. The molecule has 2 aliphatic heterocycles. The molecule has 3 heterocycles. The Labute approximate surface area is 251 Å². The number of carboxylic acid groups (broad SMARTS) is 1. The van der Waals surface area contributed by atoms with Gasteiger partial charge in [-0.1, -0.05) is 36.4 Å². The van der Waals surface area contributed by atoms with Crippen LogP contribution in [0.5, 0.6) is 0 Å². The average Bonchev–Trinajstić information content (AvgIpc) is 2.98. The predicted octanol–water partition coefficient (Wildman–Crippen LogP) is 5.29. The Kier molecular flexibility index (Phi) is 9.00. The minimum Gasteiger partial charge on any atom is -0.465 e. The van der Waals surface area contributed by atoms with Gasteiger partial charge in [-0.25, -0.2) is 4.79 Å². The molecule has 1 saturated heterocycles. The molecule has 0 radical (unpaired) electrons. The number of amides is 3. The number of carbonyl (C=O) groups excluding carboxylic acids is 2. The highest BCUT2D eigenvalue weighted by molar-refractivity contribution is 5.95. The third-order valence-corrected chi connectivity index (χ3v) is 7.82. The zero-order valence-corrected chi connectivity index (χ0v) is 23.9. The topological polar surface area (TPSA) is 121 Å². The predicted molar refractivity (Wildman–Crippen MR) is 155 cm³/mol. The molecule has 2 aliphatic rings. The van der Waals surface area contributed by atoms with Crippen LogP contribution in [0.3, 0.4) is 0 Å². The molecule has 0 bridgehead atoms. The smallest absolute Gasteiger partial charge is 0.416 e. The first-order valence-corrected chi connectivity index (χ1v) is 14.1. The molecule has 44 heavy (non-hydrogen) atoms. The molecule has 1 atom stereocenters. The molecule has 3 N–H and O–H groups in total. The van der Waals surface area contributed by atoms with Gasteiger partial charge in [-0.3, -0.25) is 14.6 Å². The van der Waals surface area contributed by atoms with E-state index in [1.54, 1.807) is 43.5 Å². The summed E-state index contributed by atoms with van der Waals surface area (Å²) < 4.78 is 45.3. The van der Waals surface area contributed by atoms with E-state index in [1.807, 2.05) is 11.0 Å². The zero-order valence-electron chi connectivity index (χ0n) is 23.9. The van der Waals surface area contributed by atoms with Crippen LogP contribution in [0.25, 0.3) is 16.7 Å². The van der Waals surface area contributed by atoms with E-state index >= 15 is 0 Å². The molecule has 3 aromatic rings. The van der Waals surface area contributed by atoms with Crippen molar-refractivity contribution in [3.8, 4) is 11.1 Å². The van der Waals surface area contributed by atoms with Gasteiger partial charge in [0.25, 0.3) is 5.91 Å². The lowest BCUT2D eigenvalue weighted by Gasteiger charge is -2.33. The number of carbonyl (C=O) groups is 3. The van der Waals surface area contributed by atoms with Gasteiger partial charge in [-0.2, -0.15) is 13.2 Å². The summed E-state index contributed by atoms with van der Waals surface area (Å²) in [6, 6.07) is 11.2. The van der Waals surface area contributed by atoms with Crippen molar-refractivity contribution in [2.75, 3.05) is 26.3 Å². The van der Waals surface area contributed by atoms with E-state index in [0.29, 0.717) is 49.4 Å². The number of aromatic nitrogens is 1. The highest BCUT2D eigenvalue weighted by Gasteiger charge is 2.32. The highest BCUT2D eigenvalue weighted by Crippen LogP contribution is 2.34. The molecule has 12 heteroatoms. The number of nitrogens with one attached hydrogen (secondary N) is 2. The molecule has 3 amide bonds. The minimum atomic E-state index is -4.56. The lowest BCUT2D eigenvalue weighted by atomic mass is 9.95. The lowest BCUT2D eigenvalue weighted by molar-refractivity contribution is -0.149. The molecule has 1 fully saturated rings. The van der Waals surface area contributed by atoms with Gasteiger partial charge in [0.15, 0.2) is 0 Å². The van der Waals surface area contributed by atoms with Gasteiger partial charge in [-0.15, -0.1) is 0 Å². The van der Waals surface area contributed by atoms with Crippen molar-refractivity contribution < 1.29 is 37.4 Å². The first kappa shape index (κ1) is 30.7. The van der Waals surface area contributed by atoms with E-state index in [9.17, 15) is 27.6 Å². The maximum Gasteiger partial charge on any atom is 0.416 e. The van der Waals surface area contributed by atoms with Gasteiger partial charge >= 0.3 is 12.3 Å². The summed E-state index contributed by atoms with van der Waals surface area (Å²) in [6.07, 6.45) is -0.0471. The summed E-state index contributed by atoms with van der Waals surface area (Å²) in [5.74, 6) is -0.296. The normalized spacial score (nSPS) is 16.0. The number of halogens is 3. The standard InChI is InChI=1S/C32H31F3N4O5/c1-19(20-2-4-22(5-3-20)28-13-27(32(33,34)35)7-6-23(28)16-37-31(42)43)38-29(40)25-12-24(14-36-15-25)21-8-10-39(11-9-21)30(41)26-17-44-18-26/h2-8,12-15,19,26,37H,9-11,16-18H2,1H3,(H,38,40)(H,42,43)/t19-/m1/s1. The molecule has 2 aromatic carbocycles. The van der Waals surface area contributed by atoms with Crippen LogP contribution < -0.4 is 10.6 Å². The van der Waals surface area contributed by atoms with Crippen LogP contribution in [0.1, 0.15) is 52.0 Å². The fraction of sp³-hybridized carbons (Fsp3) is 0.312. The Bertz CT molecular complexity index is 1590. The Morgan fingerprint density at radius 1 is 1.07 bits per heavy atom. The zero-order chi connectivity index (χ0) is 31.4. The number of alkyl halides is 3. The summed E-state index contributed by atoms with van der Waals surface area (Å²) >= 11 is 0. The molecule has 0 unspecified atom stereocenters. The molecule has 0 saturated carbocycles. The Hall–Kier alpha value is -4.71. The Balaban J connectivity index is 1.26. The summed E-state index contributed by atoms with van der Waals surface area (Å²) in [4.78, 5) is 42.6. The van der Waals surface area contributed by atoms with Crippen LogP contribution in [0.15, 0.2) is 67.0 Å². The molecule has 0 spiro atoms. The summed E-state index contributed by atoms with van der Waals surface area (Å²) in [5, 5.41) is 14.1. The number of benzene rings is 2. The van der Waals surface area contributed by atoms with E-state index in [1.165, 1.54) is 12.3 Å². The first-order valence-electron chi connectivity index (χ1n) is 14.1. The third kappa shape index (κ3) is 7.08. The van der Waals surface area contributed by atoms with Crippen LogP contribution in [0, 0.1) is 5.92 Å². The fourth-order valence-corrected chi connectivity index (χ4v) is 5.17. The Morgan fingerprint density at radius 2 is 1.82 bits per heavy atom. The molecule has 0 aliphatic carbocycles. The van der Waals surface area contributed by atoms with E-state index < -0.39 is 23.9 Å². The summed E-state index contributed by atoms with van der Waals surface area (Å²) in [5.41, 5.74) is 3.19. The second-order valence-electron chi connectivity index (χ2n) is 10.8. The maximum absolute atomic E-state index is 13.4. The number of nitrogens with zero attached hydrogens (tertiary/aromatic N) is 2. The number of hydrogen-bond donors (Lipinski definition) is 3. The average molecular weight is 609 g/mol. The number of hydrogen-bond acceptors (Lipinski definition) is 5. The van der Waals surface area contributed by atoms with Crippen LogP contribution in [-0.2, 0) is 22.3 Å². The van der Waals surface area contributed by atoms with Gasteiger partial charge < -0.3 is 25.4 Å². The molecule has 1 aromatic heterocycles. The van der Waals surface area contributed by atoms with E-state index in [0.717, 1.165) is 28.8 Å². The number of pyridine rings is 1. The lowest BCUT2D eigenvalue weighted by Crippen LogP contribution is -2.46. The Morgan fingerprint density at radius 3 is 2.43 bits per heavy atom. The van der Waals surface area contributed by atoms with Crippen molar-refractivity contribution >= 4 is 23.5 Å². The molecular weight excluding hydrogens is 577 g/mol. The van der Waals surface area contributed by atoms with Gasteiger partial charge in [0, 0.05) is 32.0 Å². The van der Waals surface area contributed by atoms with Crippen molar-refractivity contribution in [2.24, 2.45) is 5.92 Å². The quantitative estimate of drug-likeness (QED) is 0.320. The molecule has 5 rings (SSSR count). The largest absolute Gasteiger partial charge is 0.465 e. The second kappa shape index (κ2) is 12.9.